The minimum absolute atomic E-state index is 0.0522. The van der Waals surface area contributed by atoms with Gasteiger partial charge in [0.25, 0.3) is 0 Å². The highest BCUT2D eigenvalue weighted by Crippen LogP contribution is 2.33. The molecule has 2 aromatic carbocycles. The summed E-state index contributed by atoms with van der Waals surface area (Å²) in [7, 11) is 1.61. The smallest absolute Gasteiger partial charge is 0.303 e. The molecule has 0 spiro atoms. The third kappa shape index (κ3) is 4.89. The number of carboxylic acids is 1. The normalized spacial score (nSPS) is 11.6. The molecule has 146 valence electrons. The fraction of sp³-hybridized carbons (Fsp3) is 0.273. The van der Waals surface area contributed by atoms with E-state index in [0.717, 1.165) is 32.8 Å². The zero-order valence-corrected chi connectivity index (χ0v) is 16.8. The molecule has 0 saturated heterocycles. The number of hydrogen-bond donors (Lipinski definition) is 1. The van der Waals surface area contributed by atoms with Crippen molar-refractivity contribution < 1.29 is 19.4 Å². The first-order valence-electron chi connectivity index (χ1n) is 9.20. The van der Waals surface area contributed by atoms with Gasteiger partial charge >= 0.3 is 5.97 Å². The van der Waals surface area contributed by atoms with Crippen LogP contribution < -0.4 is 9.47 Å². The van der Waals surface area contributed by atoms with E-state index in [1.165, 1.54) is 0 Å². The van der Waals surface area contributed by atoms with Crippen molar-refractivity contribution in [3.8, 4) is 11.5 Å². The van der Waals surface area contributed by atoms with Crippen LogP contribution in [0.15, 0.2) is 42.5 Å². The van der Waals surface area contributed by atoms with Crippen molar-refractivity contribution in [1.29, 1.82) is 0 Å². The van der Waals surface area contributed by atoms with Gasteiger partial charge in [0.1, 0.15) is 5.01 Å². The van der Waals surface area contributed by atoms with E-state index >= 15 is 0 Å². The maximum absolute atomic E-state index is 11.1. The molecule has 1 aromatic heterocycles. The van der Waals surface area contributed by atoms with Gasteiger partial charge in [0.05, 0.1) is 23.9 Å². The lowest BCUT2D eigenvalue weighted by Crippen LogP contribution is -1.98. The van der Waals surface area contributed by atoms with E-state index < -0.39 is 5.97 Å². The minimum Gasteiger partial charge on any atom is -0.493 e. The van der Waals surface area contributed by atoms with Gasteiger partial charge in [0, 0.05) is 6.42 Å². The molecule has 0 saturated carbocycles. The number of nitrogens with zero attached hydrogens (tertiary/aromatic N) is 1. The molecule has 28 heavy (non-hydrogen) atoms. The summed E-state index contributed by atoms with van der Waals surface area (Å²) in [6.07, 6.45) is 3.36. The number of ether oxygens (including phenoxy) is 2. The first-order valence-corrected chi connectivity index (χ1v) is 10.0. The topological polar surface area (TPSA) is 68.7 Å². The van der Waals surface area contributed by atoms with Crippen LogP contribution in [0.5, 0.6) is 11.5 Å². The van der Waals surface area contributed by atoms with Crippen LogP contribution >= 0.6 is 11.3 Å². The van der Waals surface area contributed by atoms with E-state index in [1.807, 2.05) is 48.5 Å². The van der Waals surface area contributed by atoms with Crippen molar-refractivity contribution in [2.75, 3.05) is 13.7 Å². The van der Waals surface area contributed by atoms with E-state index in [0.29, 0.717) is 24.5 Å². The Labute approximate surface area is 168 Å². The Morgan fingerprint density at radius 2 is 2.00 bits per heavy atom. The molecule has 0 aliphatic carbocycles. The van der Waals surface area contributed by atoms with Crippen LogP contribution in [0.1, 0.15) is 36.8 Å². The minimum atomic E-state index is -0.826. The molecule has 0 aliphatic rings. The highest BCUT2D eigenvalue weighted by Gasteiger charge is 2.12. The second-order valence-corrected chi connectivity index (χ2v) is 7.34. The number of aromatic nitrogens is 1. The monoisotopic (exact) mass is 397 g/mol. The summed E-state index contributed by atoms with van der Waals surface area (Å²) in [6.45, 7) is 2.68. The Morgan fingerprint density at radius 3 is 2.71 bits per heavy atom. The van der Waals surface area contributed by atoms with Crippen molar-refractivity contribution in [1.82, 2.24) is 4.98 Å². The number of para-hydroxylation sites is 1. The molecule has 3 rings (SSSR count). The van der Waals surface area contributed by atoms with Gasteiger partial charge in [-0.25, -0.2) is 4.98 Å². The van der Waals surface area contributed by atoms with Gasteiger partial charge in [0.2, 0.25) is 0 Å². The fourth-order valence-electron chi connectivity index (χ4n) is 2.80. The average Bonchev–Trinajstić information content (AvgIpc) is 3.13. The second kappa shape index (κ2) is 9.37. The summed E-state index contributed by atoms with van der Waals surface area (Å²) in [5.74, 6) is 0.533. The van der Waals surface area contributed by atoms with Crippen molar-refractivity contribution in [2.24, 2.45) is 0 Å². The molecule has 0 atom stereocenters. The maximum atomic E-state index is 11.1. The Hall–Kier alpha value is -2.86. The zero-order valence-electron chi connectivity index (χ0n) is 16.0. The lowest BCUT2D eigenvalue weighted by Gasteiger charge is -2.11. The first-order chi connectivity index (χ1) is 13.6. The average molecular weight is 397 g/mol. The number of rotatable bonds is 9. The predicted octanol–water partition coefficient (Wildman–Crippen LogP) is 5.50. The highest BCUT2D eigenvalue weighted by molar-refractivity contribution is 7.19. The van der Waals surface area contributed by atoms with Gasteiger partial charge in [-0.05, 0) is 54.3 Å². The van der Waals surface area contributed by atoms with Crippen LogP contribution in [-0.2, 0) is 4.79 Å². The molecule has 1 heterocycles. The molecule has 0 fully saturated rings. The first kappa shape index (κ1) is 19.9. The number of benzene rings is 2. The van der Waals surface area contributed by atoms with Crippen molar-refractivity contribution in [3.63, 3.8) is 0 Å². The largest absolute Gasteiger partial charge is 0.493 e. The van der Waals surface area contributed by atoms with Gasteiger partial charge in [-0.3, -0.25) is 4.79 Å². The molecule has 0 amide bonds. The van der Waals surface area contributed by atoms with Gasteiger partial charge < -0.3 is 14.6 Å². The van der Waals surface area contributed by atoms with E-state index in [2.05, 4.69) is 11.9 Å². The number of aliphatic carboxylic acids is 1. The van der Waals surface area contributed by atoms with E-state index in [-0.39, 0.29) is 6.42 Å². The lowest BCUT2D eigenvalue weighted by molar-refractivity contribution is -0.136. The van der Waals surface area contributed by atoms with E-state index in [1.54, 1.807) is 18.4 Å². The highest BCUT2D eigenvalue weighted by atomic mass is 32.1. The molecular weight excluding hydrogens is 374 g/mol. The summed E-state index contributed by atoms with van der Waals surface area (Å²) in [4.78, 5) is 15.8. The predicted molar refractivity (Wildman–Crippen MR) is 113 cm³/mol. The third-order valence-electron chi connectivity index (χ3n) is 4.17. The number of fused-ring (bicyclic) bond motifs is 1. The molecule has 1 N–H and O–H groups in total. The summed E-state index contributed by atoms with van der Waals surface area (Å²) >= 11 is 1.57. The third-order valence-corrected chi connectivity index (χ3v) is 5.28. The van der Waals surface area contributed by atoms with Crippen molar-refractivity contribution in [3.05, 3.63) is 53.0 Å². The maximum Gasteiger partial charge on any atom is 0.303 e. The van der Waals surface area contributed by atoms with Crippen molar-refractivity contribution in [2.45, 2.75) is 26.2 Å². The van der Waals surface area contributed by atoms with Crippen LogP contribution in [0.25, 0.3) is 21.9 Å². The van der Waals surface area contributed by atoms with Crippen LogP contribution in [0.4, 0.5) is 0 Å². The molecule has 6 heteroatoms. The van der Waals surface area contributed by atoms with Gasteiger partial charge in [0.15, 0.2) is 11.5 Å². The molecule has 3 aromatic rings. The van der Waals surface area contributed by atoms with Gasteiger partial charge in [-0.1, -0.05) is 25.1 Å². The summed E-state index contributed by atoms with van der Waals surface area (Å²) in [5, 5.41) is 9.98. The molecule has 5 nitrogen and oxygen atoms in total. The van der Waals surface area contributed by atoms with Gasteiger partial charge in [-0.2, -0.15) is 0 Å². The molecule has 0 radical (unpaired) electrons. The Balaban J connectivity index is 1.97. The van der Waals surface area contributed by atoms with E-state index in [9.17, 15) is 4.79 Å². The number of allylic oxidation sites excluding steroid dienone is 1. The number of methoxy groups -OCH3 is 1. The SMILES string of the molecule is CCCOc1ccc(/C=C(/CCC(=O)O)c2nc3ccccc3s2)cc1OC. The number of thiazole rings is 1. The molecular formula is C22H23NO4S. The summed E-state index contributed by atoms with van der Waals surface area (Å²) < 4.78 is 12.2. The molecule has 0 bridgehead atoms. The van der Waals surface area contributed by atoms with Crippen LogP contribution in [0.3, 0.4) is 0 Å². The van der Waals surface area contributed by atoms with Gasteiger partial charge in [-0.15, -0.1) is 11.3 Å². The Bertz CT molecular complexity index is 960. The number of carboxylic acid groups (broad SMARTS) is 1. The molecule has 0 aliphatic heterocycles. The standard InChI is InChI=1S/C22H23NO4S/c1-3-12-27-18-10-8-15(14-19(18)26-2)13-16(9-11-21(24)25)22-23-17-6-4-5-7-20(17)28-22/h4-8,10,13-14H,3,9,11-12H2,1-2H3,(H,24,25)/b16-13-. The Kier molecular flexibility index (Phi) is 6.66. The zero-order chi connectivity index (χ0) is 19.9. The quantitative estimate of drug-likeness (QED) is 0.516. The lowest BCUT2D eigenvalue weighted by atomic mass is 10.1. The van der Waals surface area contributed by atoms with Crippen LogP contribution in [0, 0.1) is 0 Å². The fourth-order valence-corrected chi connectivity index (χ4v) is 3.81. The van der Waals surface area contributed by atoms with E-state index in [4.69, 9.17) is 14.6 Å². The summed E-state index contributed by atoms with van der Waals surface area (Å²) in [5.41, 5.74) is 2.73. The number of carbonyl (C=O) groups is 1. The van der Waals surface area contributed by atoms with Crippen LogP contribution in [0.2, 0.25) is 0 Å². The van der Waals surface area contributed by atoms with Crippen LogP contribution in [-0.4, -0.2) is 29.8 Å². The van der Waals surface area contributed by atoms with Crippen molar-refractivity contribution >= 4 is 39.2 Å². The second-order valence-electron chi connectivity index (χ2n) is 6.31. The molecule has 0 unspecified atom stereocenters. The Morgan fingerprint density at radius 1 is 1.18 bits per heavy atom. The summed E-state index contributed by atoms with van der Waals surface area (Å²) in [6, 6.07) is 13.6. The number of hydrogen-bond acceptors (Lipinski definition) is 5.